The fourth-order valence-corrected chi connectivity index (χ4v) is 4.97. The van der Waals surface area contributed by atoms with Crippen molar-refractivity contribution in [2.24, 2.45) is 20.0 Å². The summed E-state index contributed by atoms with van der Waals surface area (Å²) in [5.41, 5.74) is -0.500. The van der Waals surface area contributed by atoms with Crippen LogP contribution in [-0.2, 0) is 37.9 Å². The molecular weight excluding hydrogens is 568 g/mol. The lowest BCUT2D eigenvalue weighted by molar-refractivity contribution is 0.0534. The summed E-state index contributed by atoms with van der Waals surface area (Å²) < 4.78 is 41.8. The largest absolute Gasteiger partial charge is 0.473 e. The molecule has 0 fully saturated rings. The van der Waals surface area contributed by atoms with Crippen LogP contribution in [0.15, 0.2) is 20.0 Å². The molecule has 12 nitrogen and oxygen atoms in total. The van der Waals surface area contributed by atoms with Gasteiger partial charge in [0.05, 0.1) is 48.6 Å². The molecule has 0 saturated heterocycles. The summed E-state index contributed by atoms with van der Waals surface area (Å²) in [7, 11) is 6.69. The van der Waals surface area contributed by atoms with Crippen molar-refractivity contribution in [1.82, 2.24) is 0 Å². The molecule has 0 radical (unpaired) electrons. The van der Waals surface area contributed by atoms with Gasteiger partial charge in [-0.3, -0.25) is 0 Å². The Morgan fingerprint density at radius 3 is 0.659 bits per heavy atom. The van der Waals surface area contributed by atoms with Gasteiger partial charge in [0.2, 0.25) is 0 Å². The van der Waals surface area contributed by atoms with E-state index in [9.17, 15) is 0 Å². The van der Waals surface area contributed by atoms with E-state index in [-0.39, 0.29) is 46.6 Å². The Hall–Kier alpha value is -2.28. The van der Waals surface area contributed by atoms with E-state index in [1.807, 2.05) is 83.1 Å². The zero-order valence-corrected chi connectivity index (χ0v) is 30.2. The maximum atomic E-state index is 5.44. The van der Waals surface area contributed by atoms with E-state index in [2.05, 4.69) is 20.0 Å². The number of rotatable bonds is 8. The SMILES string of the molecule is COCC1OC(C)=NC1(C)C.COCC1OC(C)=NC1(C)C.COCC1OC(C)=NC1(C)C.COCC1OC(C)=NC1(C)C. The first kappa shape index (κ1) is 39.7. The highest BCUT2D eigenvalue weighted by atomic mass is 16.6. The minimum absolute atomic E-state index is 0.0764. The van der Waals surface area contributed by atoms with E-state index < -0.39 is 0 Å². The van der Waals surface area contributed by atoms with Gasteiger partial charge in [0.15, 0.2) is 23.6 Å². The van der Waals surface area contributed by atoms with Crippen LogP contribution in [0.5, 0.6) is 0 Å². The van der Waals surface area contributed by atoms with Crippen LogP contribution in [0, 0.1) is 0 Å². The van der Waals surface area contributed by atoms with Crippen molar-refractivity contribution < 1.29 is 37.9 Å². The molecule has 4 aliphatic heterocycles. The molecule has 0 spiro atoms. The molecule has 4 atom stereocenters. The Bertz CT molecular complexity index is 860. The van der Waals surface area contributed by atoms with Crippen LogP contribution in [0.1, 0.15) is 83.1 Å². The van der Waals surface area contributed by atoms with Gasteiger partial charge in [0.1, 0.15) is 24.4 Å². The Morgan fingerprint density at radius 1 is 0.409 bits per heavy atom. The van der Waals surface area contributed by atoms with E-state index in [0.29, 0.717) is 26.4 Å². The smallest absolute Gasteiger partial charge is 0.181 e. The Labute approximate surface area is 266 Å². The fourth-order valence-electron chi connectivity index (χ4n) is 4.97. The van der Waals surface area contributed by atoms with Crippen LogP contribution in [0.3, 0.4) is 0 Å². The van der Waals surface area contributed by atoms with Gasteiger partial charge in [-0.2, -0.15) is 0 Å². The van der Waals surface area contributed by atoms with Crippen LogP contribution >= 0.6 is 0 Å². The van der Waals surface area contributed by atoms with E-state index in [4.69, 9.17) is 37.9 Å². The molecule has 0 aromatic heterocycles. The van der Waals surface area contributed by atoms with E-state index >= 15 is 0 Å². The molecule has 4 aliphatic rings. The lowest BCUT2D eigenvalue weighted by Crippen LogP contribution is -2.35. The van der Waals surface area contributed by atoms with Crippen molar-refractivity contribution in [3.05, 3.63) is 0 Å². The second-order valence-electron chi connectivity index (χ2n) is 13.4. The summed E-state index contributed by atoms with van der Waals surface area (Å²) in [6, 6.07) is 0. The van der Waals surface area contributed by atoms with Crippen LogP contribution in [0.4, 0.5) is 0 Å². The molecule has 256 valence electrons. The number of nitrogens with zero attached hydrogens (tertiary/aromatic N) is 4. The highest BCUT2D eigenvalue weighted by Gasteiger charge is 2.38. The van der Waals surface area contributed by atoms with Crippen molar-refractivity contribution in [3.8, 4) is 0 Å². The quantitative estimate of drug-likeness (QED) is 0.371. The van der Waals surface area contributed by atoms with E-state index in [0.717, 1.165) is 23.6 Å². The van der Waals surface area contributed by atoms with Gasteiger partial charge in [0.25, 0.3) is 0 Å². The third-order valence-electron chi connectivity index (χ3n) is 7.46. The number of ether oxygens (including phenoxy) is 8. The fraction of sp³-hybridized carbons (Fsp3) is 0.875. The van der Waals surface area contributed by atoms with E-state index in [1.54, 1.807) is 28.4 Å². The van der Waals surface area contributed by atoms with Crippen LogP contribution in [0.2, 0.25) is 0 Å². The van der Waals surface area contributed by atoms with Gasteiger partial charge >= 0.3 is 0 Å². The normalized spacial score (nSPS) is 28.0. The summed E-state index contributed by atoms with van der Waals surface area (Å²) in [5.74, 6) is 3.04. The zero-order chi connectivity index (χ0) is 33.9. The monoisotopic (exact) mass is 628 g/mol. The topological polar surface area (TPSA) is 123 Å². The maximum absolute atomic E-state index is 5.44. The van der Waals surface area contributed by atoms with Gasteiger partial charge in [-0.15, -0.1) is 0 Å². The lowest BCUT2D eigenvalue weighted by atomic mass is 10.00. The first-order valence-electron chi connectivity index (χ1n) is 15.1. The molecule has 0 amide bonds. The average Bonchev–Trinajstić information content (AvgIpc) is 3.49. The van der Waals surface area contributed by atoms with Crippen LogP contribution in [0.25, 0.3) is 0 Å². The number of hydrogen-bond acceptors (Lipinski definition) is 12. The lowest BCUT2D eigenvalue weighted by Gasteiger charge is -2.21. The summed E-state index contributed by atoms with van der Waals surface area (Å²) in [4.78, 5) is 17.3. The number of hydrogen-bond donors (Lipinski definition) is 0. The summed E-state index contributed by atoms with van der Waals surface area (Å²) in [6.45, 7) is 26.3. The summed E-state index contributed by atoms with van der Waals surface area (Å²) in [5, 5.41) is 0. The molecule has 0 N–H and O–H groups in total. The molecule has 0 aromatic rings. The third-order valence-corrected chi connectivity index (χ3v) is 7.46. The maximum Gasteiger partial charge on any atom is 0.181 e. The van der Waals surface area contributed by atoms with Crippen molar-refractivity contribution in [1.29, 1.82) is 0 Å². The molecular formula is C32H60N4O8. The molecule has 0 aromatic carbocycles. The Balaban J connectivity index is 0.000000293. The number of methoxy groups -OCH3 is 4. The minimum atomic E-state index is -0.125. The molecule has 0 aliphatic carbocycles. The minimum Gasteiger partial charge on any atom is -0.473 e. The Morgan fingerprint density at radius 2 is 0.568 bits per heavy atom. The Kier molecular flexibility index (Phi) is 15.2. The predicted octanol–water partition coefficient (Wildman–Crippen LogP) is 4.91. The van der Waals surface area contributed by atoms with Crippen LogP contribution in [-0.4, -0.2) is 125 Å². The first-order valence-corrected chi connectivity index (χ1v) is 15.1. The highest BCUT2D eigenvalue weighted by molar-refractivity contribution is 5.77. The average molecular weight is 629 g/mol. The summed E-state index contributed by atoms with van der Waals surface area (Å²) in [6.07, 6.45) is 0.306. The molecule has 0 bridgehead atoms. The van der Waals surface area contributed by atoms with Gasteiger partial charge < -0.3 is 37.9 Å². The van der Waals surface area contributed by atoms with Gasteiger partial charge in [0, 0.05) is 56.1 Å². The van der Waals surface area contributed by atoms with Crippen LogP contribution < -0.4 is 0 Å². The molecule has 44 heavy (non-hydrogen) atoms. The zero-order valence-electron chi connectivity index (χ0n) is 30.2. The molecule has 4 unspecified atom stereocenters. The van der Waals surface area contributed by atoms with Gasteiger partial charge in [-0.1, -0.05) is 0 Å². The van der Waals surface area contributed by atoms with E-state index in [1.165, 1.54) is 0 Å². The standard InChI is InChI=1S/4C8H15NO2/c4*1-6-9-8(2,3)7(11-6)5-10-4/h4*7H,5H2,1-4H3. The molecule has 4 heterocycles. The molecule has 4 rings (SSSR count). The van der Waals surface area contributed by atoms with Crippen molar-refractivity contribution in [2.75, 3.05) is 54.9 Å². The number of aliphatic imine (C=N–C) groups is 4. The highest BCUT2D eigenvalue weighted by Crippen LogP contribution is 2.27. The van der Waals surface area contributed by atoms with Crippen molar-refractivity contribution in [3.63, 3.8) is 0 Å². The van der Waals surface area contributed by atoms with Crippen molar-refractivity contribution in [2.45, 2.75) is 130 Å². The predicted molar refractivity (Wildman–Crippen MR) is 176 cm³/mol. The van der Waals surface area contributed by atoms with Crippen molar-refractivity contribution >= 4 is 23.6 Å². The van der Waals surface area contributed by atoms with Gasteiger partial charge in [-0.25, -0.2) is 20.0 Å². The first-order chi connectivity index (χ1) is 20.2. The molecule has 0 saturated carbocycles. The second-order valence-corrected chi connectivity index (χ2v) is 13.4. The summed E-state index contributed by atoms with van der Waals surface area (Å²) >= 11 is 0. The van der Waals surface area contributed by atoms with Gasteiger partial charge in [-0.05, 0) is 55.4 Å². The molecule has 12 heteroatoms. The second kappa shape index (κ2) is 16.9. The third kappa shape index (κ3) is 12.3.